The summed E-state index contributed by atoms with van der Waals surface area (Å²) in [4.78, 5) is 17.2. The van der Waals surface area contributed by atoms with Crippen LogP contribution >= 0.6 is 12.4 Å². The molecular formula is C22H26ClFN6O2. The van der Waals surface area contributed by atoms with Crippen molar-refractivity contribution in [2.24, 2.45) is 0 Å². The molecule has 1 aliphatic rings. The largest absolute Gasteiger partial charge is 0.471 e. The first-order valence-corrected chi connectivity index (χ1v) is 10.4. The van der Waals surface area contributed by atoms with Crippen molar-refractivity contribution < 1.29 is 14.2 Å². The maximum atomic E-state index is 13.2. The van der Waals surface area contributed by atoms with E-state index in [0.717, 1.165) is 24.8 Å². The standard InChI is InChI=1S/C22H25FN6O2.ClH/c1-14(15-6-8-16(23)9-7-15)26-22-28-19(27-20-13-24-10-11-25-20)12-21(29-22)31-18-5-3-2-4-17(18)30;/h6-14,17-18,30H,2-5H2,1H3,(H2,25,26,27,28,29);1H/t14-,17-,18-;/m0./s1. The lowest BCUT2D eigenvalue weighted by Gasteiger charge is -2.28. The van der Waals surface area contributed by atoms with Crippen LogP contribution in [0.25, 0.3) is 0 Å². The quantitative estimate of drug-likeness (QED) is 0.475. The Balaban J connectivity index is 0.00000289. The number of nitrogens with zero attached hydrogens (tertiary/aromatic N) is 4. The molecule has 32 heavy (non-hydrogen) atoms. The fraction of sp³-hybridized carbons (Fsp3) is 0.364. The van der Waals surface area contributed by atoms with Gasteiger partial charge in [0.2, 0.25) is 11.8 Å². The summed E-state index contributed by atoms with van der Waals surface area (Å²) < 4.78 is 19.3. The molecular weight excluding hydrogens is 435 g/mol. The molecule has 1 fully saturated rings. The van der Waals surface area contributed by atoms with Crippen LogP contribution in [0.5, 0.6) is 5.88 Å². The molecule has 3 atom stereocenters. The highest BCUT2D eigenvalue weighted by Gasteiger charge is 2.25. The number of anilines is 3. The van der Waals surface area contributed by atoms with Crippen molar-refractivity contribution >= 4 is 30.0 Å². The minimum absolute atomic E-state index is 0. The highest BCUT2D eigenvalue weighted by molar-refractivity contribution is 5.85. The average molecular weight is 461 g/mol. The molecule has 1 saturated carbocycles. The normalized spacial score (nSPS) is 18.8. The van der Waals surface area contributed by atoms with Gasteiger partial charge >= 0.3 is 0 Å². The second-order valence-corrected chi connectivity index (χ2v) is 7.56. The van der Waals surface area contributed by atoms with Crippen LogP contribution in [0.3, 0.4) is 0 Å². The summed E-state index contributed by atoms with van der Waals surface area (Å²) >= 11 is 0. The van der Waals surface area contributed by atoms with Gasteiger partial charge in [-0.25, -0.2) is 9.37 Å². The number of hydrogen-bond acceptors (Lipinski definition) is 8. The summed E-state index contributed by atoms with van der Waals surface area (Å²) in [6, 6.07) is 7.76. The summed E-state index contributed by atoms with van der Waals surface area (Å²) in [6.07, 6.45) is 7.40. The molecule has 170 valence electrons. The van der Waals surface area contributed by atoms with Crippen LogP contribution in [0.2, 0.25) is 0 Å². The molecule has 0 bridgehead atoms. The Morgan fingerprint density at radius 2 is 1.88 bits per heavy atom. The summed E-state index contributed by atoms with van der Waals surface area (Å²) in [6.45, 7) is 1.94. The Bertz CT molecular complexity index is 995. The molecule has 4 rings (SSSR count). The number of hydrogen-bond donors (Lipinski definition) is 3. The third-order valence-electron chi connectivity index (χ3n) is 5.18. The zero-order chi connectivity index (χ0) is 21.6. The van der Waals surface area contributed by atoms with E-state index in [1.807, 2.05) is 6.92 Å². The zero-order valence-corrected chi connectivity index (χ0v) is 18.4. The topological polar surface area (TPSA) is 105 Å². The van der Waals surface area contributed by atoms with E-state index in [0.29, 0.717) is 29.9 Å². The number of halogens is 2. The fourth-order valence-electron chi connectivity index (χ4n) is 3.51. The van der Waals surface area contributed by atoms with Gasteiger partial charge in [0.05, 0.1) is 18.3 Å². The van der Waals surface area contributed by atoms with E-state index < -0.39 is 6.10 Å². The maximum Gasteiger partial charge on any atom is 0.228 e. The fourth-order valence-corrected chi connectivity index (χ4v) is 3.51. The molecule has 0 radical (unpaired) electrons. The van der Waals surface area contributed by atoms with E-state index in [1.165, 1.54) is 12.1 Å². The predicted octanol–water partition coefficient (Wildman–Crippen LogP) is 4.43. The number of ether oxygens (including phenoxy) is 1. The van der Waals surface area contributed by atoms with Gasteiger partial charge in [0, 0.05) is 18.5 Å². The third-order valence-corrected chi connectivity index (χ3v) is 5.18. The molecule has 1 aromatic carbocycles. The monoisotopic (exact) mass is 460 g/mol. The molecule has 0 unspecified atom stereocenters. The van der Waals surface area contributed by atoms with Crippen molar-refractivity contribution in [3.8, 4) is 5.88 Å². The van der Waals surface area contributed by atoms with Gasteiger partial charge in [-0.2, -0.15) is 9.97 Å². The van der Waals surface area contributed by atoms with Crippen molar-refractivity contribution in [3.63, 3.8) is 0 Å². The smallest absolute Gasteiger partial charge is 0.228 e. The number of aromatic nitrogens is 4. The van der Waals surface area contributed by atoms with Gasteiger partial charge in [-0.3, -0.25) is 4.98 Å². The molecule has 0 saturated heterocycles. The number of benzene rings is 1. The number of aliphatic hydroxyl groups is 1. The van der Waals surface area contributed by atoms with Crippen molar-refractivity contribution in [1.82, 2.24) is 19.9 Å². The highest BCUT2D eigenvalue weighted by atomic mass is 35.5. The van der Waals surface area contributed by atoms with Crippen LogP contribution in [0.1, 0.15) is 44.2 Å². The second-order valence-electron chi connectivity index (χ2n) is 7.56. The van der Waals surface area contributed by atoms with E-state index in [1.54, 1.807) is 36.8 Å². The van der Waals surface area contributed by atoms with Gasteiger partial charge in [0.15, 0.2) is 0 Å². The summed E-state index contributed by atoms with van der Waals surface area (Å²) in [5.74, 6) is 1.41. The minimum Gasteiger partial charge on any atom is -0.471 e. The zero-order valence-electron chi connectivity index (χ0n) is 17.6. The Morgan fingerprint density at radius 3 is 2.59 bits per heavy atom. The molecule has 1 aliphatic carbocycles. The number of rotatable bonds is 7. The lowest BCUT2D eigenvalue weighted by atomic mass is 9.95. The van der Waals surface area contributed by atoms with Crippen molar-refractivity contribution in [2.45, 2.75) is 50.9 Å². The van der Waals surface area contributed by atoms with E-state index in [9.17, 15) is 9.50 Å². The van der Waals surface area contributed by atoms with Gasteiger partial charge in [0.25, 0.3) is 0 Å². The van der Waals surface area contributed by atoms with Crippen LogP contribution < -0.4 is 15.4 Å². The maximum absolute atomic E-state index is 13.2. The molecule has 2 heterocycles. The Morgan fingerprint density at radius 1 is 1.09 bits per heavy atom. The lowest BCUT2D eigenvalue weighted by Crippen LogP contribution is -2.34. The van der Waals surface area contributed by atoms with Gasteiger partial charge in [-0.1, -0.05) is 18.6 Å². The van der Waals surface area contributed by atoms with Crippen LogP contribution in [0.15, 0.2) is 48.9 Å². The molecule has 0 amide bonds. The summed E-state index contributed by atoms with van der Waals surface area (Å²) in [5, 5.41) is 16.6. The van der Waals surface area contributed by atoms with E-state index in [4.69, 9.17) is 4.74 Å². The van der Waals surface area contributed by atoms with Gasteiger partial charge < -0.3 is 20.5 Å². The predicted molar refractivity (Wildman–Crippen MR) is 122 cm³/mol. The number of nitrogens with one attached hydrogen (secondary N) is 2. The second kappa shape index (κ2) is 11.0. The summed E-state index contributed by atoms with van der Waals surface area (Å²) in [7, 11) is 0. The van der Waals surface area contributed by atoms with Crippen molar-refractivity contribution in [3.05, 3.63) is 60.3 Å². The SMILES string of the molecule is C[C@H](Nc1nc(Nc2cnccn2)cc(O[C@H]2CCCC[C@@H]2O)n1)c1ccc(F)cc1.Cl. The Labute approximate surface area is 192 Å². The first-order chi connectivity index (χ1) is 15.1. The lowest BCUT2D eigenvalue weighted by molar-refractivity contribution is 0.00455. The number of aliphatic hydroxyl groups excluding tert-OH is 1. The Hall–Kier alpha value is -3.04. The first-order valence-electron chi connectivity index (χ1n) is 10.4. The van der Waals surface area contributed by atoms with Gasteiger partial charge in [0.1, 0.15) is 23.6 Å². The van der Waals surface area contributed by atoms with Crippen molar-refractivity contribution in [2.75, 3.05) is 10.6 Å². The first kappa shape index (κ1) is 23.6. The van der Waals surface area contributed by atoms with Crippen LogP contribution in [-0.2, 0) is 0 Å². The van der Waals surface area contributed by atoms with Gasteiger partial charge in [-0.15, -0.1) is 12.4 Å². The van der Waals surface area contributed by atoms with E-state index in [-0.39, 0.29) is 30.4 Å². The molecule has 0 spiro atoms. The van der Waals surface area contributed by atoms with Crippen LogP contribution in [0, 0.1) is 5.82 Å². The van der Waals surface area contributed by atoms with Crippen LogP contribution in [0.4, 0.5) is 22.0 Å². The van der Waals surface area contributed by atoms with E-state index in [2.05, 4.69) is 30.6 Å². The molecule has 0 aliphatic heterocycles. The van der Waals surface area contributed by atoms with Crippen molar-refractivity contribution in [1.29, 1.82) is 0 Å². The molecule has 8 nitrogen and oxygen atoms in total. The molecule has 3 aromatic rings. The van der Waals surface area contributed by atoms with E-state index >= 15 is 0 Å². The Kier molecular flexibility index (Phi) is 8.13. The third kappa shape index (κ3) is 6.24. The molecule has 2 aromatic heterocycles. The van der Waals surface area contributed by atoms with Crippen LogP contribution in [-0.4, -0.2) is 37.3 Å². The minimum atomic E-state index is -0.519. The average Bonchev–Trinajstić information content (AvgIpc) is 2.76. The highest BCUT2D eigenvalue weighted by Crippen LogP contribution is 2.27. The summed E-state index contributed by atoms with van der Waals surface area (Å²) in [5.41, 5.74) is 0.891. The molecule has 10 heteroatoms. The van der Waals surface area contributed by atoms with Gasteiger partial charge in [-0.05, 0) is 43.9 Å². The molecule has 3 N–H and O–H groups in total.